The number of nitrogens with zero attached hydrogens (tertiary/aromatic N) is 1. The van der Waals surface area contributed by atoms with Crippen molar-refractivity contribution in [2.75, 3.05) is 0 Å². The molecule has 1 nitrogen and oxygen atoms in total. The SMILES string of the molecule is CC1CCCC(C)(Cl)N1Cl. The van der Waals surface area contributed by atoms with Crippen LogP contribution in [0, 0.1) is 0 Å². The van der Waals surface area contributed by atoms with Crippen molar-refractivity contribution < 1.29 is 0 Å². The van der Waals surface area contributed by atoms with E-state index in [1.807, 2.05) is 6.92 Å². The Morgan fingerprint density at radius 2 is 2.20 bits per heavy atom. The van der Waals surface area contributed by atoms with E-state index in [1.54, 1.807) is 4.42 Å². The first-order valence-corrected chi connectivity index (χ1v) is 4.39. The highest BCUT2D eigenvalue weighted by Gasteiger charge is 2.35. The van der Waals surface area contributed by atoms with Crippen molar-refractivity contribution in [3.63, 3.8) is 0 Å². The van der Waals surface area contributed by atoms with E-state index < -0.39 is 0 Å². The molecule has 0 saturated carbocycles. The summed E-state index contributed by atoms with van der Waals surface area (Å²) in [6.07, 6.45) is 3.33. The quantitative estimate of drug-likeness (QED) is 0.316. The molecular formula is C7H13Cl2N. The molecule has 1 aliphatic heterocycles. The Morgan fingerprint density at radius 3 is 2.60 bits per heavy atom. The van der Waals surface area contributed by atoms with Crippen LogP contribution in [0.1, 0.15) is 33.1 Å². The number of hydrogen-bond donors (Lipinski definition) is 0. The predicted molar refractivity (Wildman–Crippen MR) is 45.3 cm³/mol. The number of alkyl halides is 1. The van der Waals surface area contributed by atoms with Gasteiger partial charge in [-0.3, -0.25) is 0 Å². The minimum Gasteiger partial charge on any atom is -0.197 e. The van der Waals surface area contributed by atoms with E-state index in [1.165, 1.54) is 6.42 Å². The zero-order valence-electron chi connectivity index (χ0n) is 6.40. The van der Waals surface area contributed by atoms with Crippen molar-refractivity contribution >= 4 is 23.4 Å². The zero-order valence-corrected chi connectivity index (χ0v) is 7.91. The molecule has 1 heterocycles. The Hall–Kier alpha value is 0.540. The highest BCUT2D eigenvalue weighted by Crippen LogP contribution is 2.36. The van der Waals surface area contributed by atoms with Gasteiger partial charge in [-0.25, -0.2) is 0 Å². The van der Waals surface area contributed by atoms with Crippen LogP contribution in [-0.2, 0) is 0 Å². The van der Waals surface area contributed by atoms with Gasteiger partial charge in [0, 0.05) is 6.04 Å². The fourth-order valence-electron chi connectivity index (χ4n) is 1.40. The summed E-state index contributed by atoms with van der Waals surface area (Å²) >= 11 is 12.1. The molecule has 0 aromatic rings. The van der Waals surface area contributed by atoms with Crippen LogP contribution in [0.25, 0.3) is 0 Å². The van der Waals surface area contributed by atoms with Gasteiger partial charge < -0.3 is 0 Å². The summed E-state index contributed by atoms with van der Waals surface area (Å²) in [5.74, 6) is 0. The fraction of sp³-hybridized carbons (Fsp3) is 1.00. The molecule has 1 aliphatic rings. The second-order valence-electron chi connectivity index (χ2n) is 3.19. The average molecular weight is 182 g/mol. The van der Waals surface area contributed by atoms with Gasteiger partial charge in [0.25, 0.3) is 0 Å². The van der Waals surface area contributed by atoms with E-state index in [9.17, 15) is 0 Å². The van der Waals surface area contributed by atoms with Crippen molar-refractivity contribution in [3.8, 4) is 0 Å². The molecule has 0 radical (unpaired) electrons. The number of rotatable bonds is 0. The molecular weight excluding hydrogens is 169 g/mol. The Labute approximate surface area is 72.4 Å². The zero-order chi connectivity index (χ0) is 7.78. The largest absolute Gasteiger partial charge is 0.197 e. The van der Waals surface area contributed by atoms with Crippen molar-refractivity contribution in [2.24, 2.45) is 0 Å². The first-order valence-electron chi connectivity index (χ1n) is 3.68. The van der Waals surface area contributed by atoms with E-state index in [4.69, 9.17) is 23.4 Å². The van der Waals surface area contributed by atoms with Crippen molar-refractivity contribution in [1.29, 1.82) is 0 Å². The van der Waals surface area contributed by atoms with Gasteiger partial charge in [0.1, 0.15) is 5.00 Å². The molecule has 0 bridgehead atoms. The van der Waals surface area contributed by atoms with Gasteiger partial charge in [0.2, 0.25) is 0 Å². The van der Waals surface area contributed by atoms with Gasteiger partial charge in [-0.05, 0) is 44.9 Å². The molecule has 3 heteroatoms. The van der Waals surface area contributed by atoms with Crippen LogP contribution in [-0.4, -0.2) is 15.5 Å². The predicted octanol–water partition coefficient (Wildman–Crippen LogP) is 2.97. The molecule has 60 valence electrons. The average Bonchev–Trinajstić information content (AvgIpc) is 1.83. The molecule has 0 aliphatic carbocycles. The molecule has 1 fully saturated rings. The number of hydrogen-bond acceptors (Lipinski definition) is 1. The monoisotopic (exact) mass is 181 g/mol. The minimum atomic E-state index is -0.320. The Morgan fingerprint density at radius 1 is 1.60 bits per heavy atom. The summed E-state index contributed by atoms with van der Waals surface area (Å²) in [7, 11) is 0. The maximum absolute atomic E-state index is 6.11. The fourth-order valence-corrected chi connectivity index (χ4v) is 1.88. The summed E-state index contributed by atoms with van der Waals surface area (Å²) in [5, 5.41) is 0. The van der Waals surface area contributed by atoms with Gasteiger partial charge in [0.05, 0.1) is 0 Å². The third-order valence-corrected chi connectivity index (χ3v) is 3.25. The van der Waals surface area contributed by atoms with E-state index in [0.29, 0.717) is 6.04 Å². The highest BCUT2D eigenvalue weighted by molar-refractivity contribution is 6.27. The summed E-state index contributed by atoms with van der Waals surface area (Å²) in [4.78, 5) is -0.320. The maximum Gasteiger partial charge on any atom is 0.107 e. The van der Waals surface area contributed by atoms with Crippen LogP contribution < -0.4 is 0 Å². The molecule has 0 aromatic carbocycles. The van der Waals surface area contributed by atoms with Gasteiger partial charge in [-0.2, -0.15) is 4.42 Å². The summed E-state index contributed by atoms with van der Waals surface area (Å²) in [6.45, 7) is 4.07. The molecule has 10 heavy (non-hydrogen) atoms. The Bertz CT molecular complexity index is 125. The molecule has 2 unspecified atom stereocenters. The van der Waals surface area contributed by atoms with Gasteiger partial charge >= 0.3 is 0 Å². The maximum atomic E-state index is 6.11. The van der Waals surface area contributed by atoms with Gasteiger partial charge in [-0.15, -0.1) is 11.6 Å². The van der Waals surface area contributed by atoms with E-state index in [2.05, 4.69) is 6.92 Å². The molecule has 2 atom stereocenters. The van der Waals surface area contributed by atoms with Crippen LogP contribution in [0.2, 0.25) is 0 Å². The van der Waals surface area contributed by atoms with Crippen LogP contribution in [0.15, 0.2) is 0 Å². The van der Waals surface area contributed by atoms with Crippen LogP contribution in [0.3, 0.4) is 0 Å². The van der Waals surface area contributed by atoms with E-state index in [-0.39, 0.29) is 5.00 Å². The third-order valence-electron chi connectivity index (χ3n) is 2.09. The summed E-state index contributed by atoms with van der Waals surface area (Å²) in [5.41, 5.74) is 0. The number of piperidine rings is 1. The molecule has 0 aromatic heterocycles. The number of halogens is 2. The molecule has 0 N–H and O–H groups in total. The topological polar surface area (TPSA) is 3.24 Å². The van der Waals surface area contributed by atoms with Crippen LogP contribution in [0.4, 0.5) is 0 Å². The van der Waals surface area contributed by atoms with Crippen molar-refractivity contribution in [1.82, 2.24) is 4.42 Å². The second-order valence-corrected chi connectivity index (χ2v) is 4.37. The first kappa shape index (κ1) is 8.63. The second kappa shape index (κ2) is 2.88. The lowest BCUT2D eigenvalue weighted by atomic mass is 10.0. The Balaban J connectivity index is 2.60. The van der Waals surface area contributed by atoms with E-state index >= 15 is 0 Å². The van der Waals surface area contributed by atoms with Crippen LogP contribution in [0.5, 0.6) is 0 Å². The molecule has 0 amide bonds. The lowest BCUT2D eigenvalue weighted by molar-refractivity contribution is 0.179. The summed E-state index contributed by atoms with van der Waals surface area (Å²) < 4.78 is 1.73. The smallest absolute Gasteiger partial charge is 0.107 e. The normalized spacial score (nSPS) is 43.8. The highest BCUT2D eigenvalue weighted by atomic mass is 35.5. The third kappa shape index (κ3) is 1.58. The minimum absolute atomic E-state index is 0.320. The van der Waals surface area contributed by atoms with Crippen LogP contribution >= 0.6 is 23.4 Å². The van der Waals surface area contributed by atoms with E-state index in [0.717, 1.165) is 12.8 Å². The lowest BCUT2D eigenvalue weighted by Crippen LogP contribution is -2.44. The molecule has 1 rings (SSSR count). The Kier molecular flexibility index (Phi) is 2.49. The standard InChI is InChI=1S/C7H13Cl2N/c1-6-4-3-5-7(2,8)10(6)9/h6H,3-5H2,1-2H3. The summed E-state index contributed by atoms with van der Waals surface area (Å²) in [6, 6.07) is 0.415. The van der Waals surface area contributed by atoms with Gasteiger partial charge in [0.15, 0.2) is 0 Å². The molecule has 1 saturated heterocycles. The molecule has 0 spiro atoms. The lowest BCUT2D eigenvalue weighted by Gasteiger charge is -2.39. The van der Waals surface area contributed by atoms with Gasteiger partial charge in [-0.1, -0.05) is 0 Å². The van der Waals surface area contributed by atoms with Crippen molar-refractivity contribution in [3.05, 3.63) is 0 Å². The first-order chi connectivity index (χ1) is 4.54. The van der Waals surface area contributed by atoms with Crippen molar-refractivity contribution in [2.45, 2.75) is 44.1 Å².